The number of nitrogens with two attached hydrogens (primary N) is 1. The van der Waals surface area contributed by atoms with Gasteiger partial charge in [-0.15, -0.1) is 0 Å². The van der Waals surface area contributed by atoms with E-state index in [-0.39, 0.29) is 22.8 Å². The second kappa shape index (κ2) is 8.80. The molecule has 0 spiro atoms. The fraction of sp³-hybridized carbons (Fsp3) is 0.100. The Hall–Kier alpha value is -3.63. The highest BCUT2D eigenvalue weighted by Crippen LogP contribution is 2.15. The Kier molecular flexibility index (Phi) is 6.19. The molecule has 1 heterocycles. The van der Waals surface area contributed by atoms with Crippen LogP contribution < -0.4 is 20.7 Å². The van der Waals surface area contributed by atoms with Crippen molar-refractivity contribution in [3.05, 3.63) is 83.3 Å². The maximum atomic E-state index is 12.3. The van der Waals surface area contributed by atoms with Crippen molar-refractivity contribution >= 4 is 21.8 Å². The number of nitrogens with one attached hydrogen (secondary N) is 2. The third-order valence-electron chi connectivity index (χ3n) is 4.08. The number of ether oxygens (including phenoxy) is 1. The van der Waals surface area contributed by atoms with Crippen LogP contribution in [0.1, 0.15) is 32.2 Å². The minimum atomic E-state index is -3.97. The van der Waals surface area contributed by atoms with E-state index in [0.29, 0.717) is 17.1 Å². The van der Waals surface area contributed by atoms with Crippen LogP contribution in [0, 0.1) is 6.92 Å². The molecule has 0 fully saturated rings. The number of rotatable bonds is 6. The Morgan fingerprint density at radius 2 is 1.70 bits per heavy atom. The zero-order chi connectivity index (χ0) is 21.7. The number of para-hydroxylation sites is 1. The van der Waals surface area contributed by atoms with E-state index in [1.54, 1.807) is 25.1 Å². The number of hydrogen-bond acceptors (Lipinski definition) is 6. The third kappa shape index (κ3) is 5.25. The molecule has 0 atom stereocenters. The molecule has 9 nitrogen and oxygen atoms in total. The van der Waals surface area contributed by atoms with E-state index < -0.39 is 21.8 Å². The average molecular weight is 429 g/mol. The number of primary sulfonamides is 1. The van der Waals surface area contributed by atoms with Crippen LogP contribution in [-0.4, -0.2) is 20.2 Å². The Balaban J connectivity index is 1.59. The topological polar surface area (TPSA) is 141 Å². The van der Waals surface area contributed by atoms with Gasteiger partial charge in [-0.3, -0.25) is 20.4 Å². The third-order valence-corrected chi connectivity index (χ3v) is 4.99. The van der Waals surface area contributed by atoms with Gasteiger partial charge in [0.25, 0.3) is 5.91 Å². The first-order valence-electron chi connectivity index (χ1n) is 8.75. The molecule has 0 radical (unpaired) electrons. The van der Waals surface area contributed by atoms with Gasteiger partial charge in [0.2, 0.25) is 10.0 Å². The highest BCUT2D eigenvalue weighted by molar-refractivity contribution is 7.89. The molecule has 0 aliphatic carbocycles. The summed E-state index contributed by atoms with van der Waals surface area (Å²) in [7, 11) is -3.97. The lowest BCUT2D eigenvalue weighted by Crippen LogP contribution is -2.41. The number of benzene rings is 2. The number of hydrogen-bond donors (Lipinski definition) is 3. The van der Waals surface area contributed by atoms with Crippen molar-refractivity contribution in [3.8, 4) is 5.75 Å². The summed E-state index contributed by atoms with van der Waals surface area (Å²) in [5.41, 5.74) is 5.00. The van der Waals surface area contributed by atoms with Crippen molar-refractivity contribution in [2.75, 3.05) is 0 Å². The van der Waals surface area contributed by atoms with Gasteiger partial charge < -0.3 is 9.15 Å². The molecule has 0 saturated heterocycles. The molecule has 4 N–H and O–H groups in total. The Morgan fingerprint density at radius 1 is 1.00 bits per heavy atom. The van der Waals surface area contributed by atoms with Gasteiger partial charge >= 0.3 is 5.91 Å². The summed E-state index contributed by atoms with van der Waals surface area (Å²) in [5.74, 6) is -0.339. The zero-order valence-electron chi connectivity index (χ0n) is 15.9. The van der Waals surface area contributed by atoms with Crippen molar-refractivity contribution in [2.24, 2.45) is 5.14 Å². The first kappa shape index (κ1) is 21.1. The second-order valence-corrected chi connectivity index (χ2v) is 7.86. The summed E-state index contributed by atoms with van der Waals surface area (Å²) >= 11 is 0. The van der Waals surface area contributed by atoms with E-state index in [2.05, 4.69) is 10.9 Å². The van der Waals surface area contributed by atoms with Gasteiger partial charge in [0.15, 0.2) is 5.76 Å². The highest BCUT2D eigenvalue weighted by Gasteiger charge is 2.17. The van der Waals surface area contributed by atoms with Crippen LogP contribution in [-0.2, 0) is 16.6 Å². The first-order chi connectivity index (χ1) is 14.2. The van der Waals surface area contributed by atoms with E-state index in [9.17, 15) is 18.0 Å². The van der Waals surface area contributed by atoms with Crippen LogP contribution in [0.2, 0.25) is 0 Å². The molecule has 2 aromatic carbocycles. The molecular formula is C20H19N3O6S. The van der Waals surface area contributed by atoms with Gasteiger partial charge in [0.05, 0.1) is 4.90 Å². The Morgan fingerprint density at radius 3 is 2.40 bits per heavy atom. The quantitative estimate of drug-likeness (QED) is 0.511. The number of carbonyl (C=O) groups is 2. The number of hydrazine groups is 1. The number of carbonyl (C=O) groups excluding carboxylic acids is 2. The highest BCUT2D eigenvalue weighted by atomic mass is 32.2. The molecule has 156 valence electrons. The number of sulfonamides is 1. The van der Waals surface area contributed by atoms with Gasteiger partial charge in [-0.05, 0) is 48.9 Å². The number of amides is 2. The van der Waals surface area contributed by atoms with E-state index in [4.69, 9.17) is 14.3 Å². The lowest BCUT2D eigenvalue weighted by molar-refractivity contribution is 0.0828. The molecule has 3 rings (SSSR count). The first-order valence-corrected chi connectivity index (χ1v) is 10.3. The van der Waals surface area contributed by atoms with Crippen LogP contribution in [0.5, 0.6) is 5.75 Å². The molecule has 0 unspecified atom stereocenters. The molecule has 30 heavy (non-hydrogen) atoms. The van der Waals surface area contributed by atoms with E-state index >= 15 is 0 Å². The van der Waals surface area contributed by atoms with Gasteiger partial charge in [-0.1, -0.05) is 24.3 Å². The molecule has 0 bridgehead atoms. The number of furan rings is 1. The lowest BCUT2D eigenvalue weighted by atomic mass is 10.1. The van der Waals surface area contributed by atoms with Crippen molar-refractivity contribution in [1.82, 2.24) is 10.9 Å². The van der Waals surface area contributed by atoms with Gasteiger partial charge in [-0.25, -0.2) is 13.6 Å². The SMILES string of the molecule is Cc1ccc(S(N)(=O)=O)cc1C(=O)NNC(=O)c1ccc(COc2ccccc2)o1. The maximum Gasteiger partial charge on any atom is 0.305 e. The molecule has 0 aliphatic rings. The van der Waals surface area contributed by atoms with Crippen molar-refractivity contribution in [1.29, 1.82) is 0 Å². The summed E-state index contributed by atoms with van der Waals surface area (Å²) in [4.78, 5) is 24.3. The number of aryl methyl sites for hydroxylation is 1. The van der Waals surface area contributed by atoms with Crippen molar-refractivity contribution < 1.29 is 27.2 Å². The summed E-state index contributed by atoms with van der Waals surface area (Å²) in [6, 6.07) is 16.0. The predicted molar refractivity (Wildman–Crippen MR) is 107 cm³/mol. The normalized spacial score (nSPS) is 11.0. The van der Waals surface area contributed by atoms with Crippen LogP contribution >= 0.6 is 0 Å². The van der Waals surface area contributed by atoms with Gasteiger partial charge in [0, 0.05) is 5.56 Å². The predicted octanol–water partition coefficient (Wildman–Crippen LogP) is 1.89. The monoisotopic (exact) mass is 429 g/mol. The summed E-state index contributed by atoms with van der Waals surface area (Å²) in [5, 5.41) is 5.09. The van der Waals surface area contributed by atoms with Crippen LogP contribution in [0.25, 0.3) is 0 Å². The fourth-order valence-electron chi connectivity index (χ4n) is 2.51. The molecule has 10 heteroatoms. The molecule has 0 aliphatic heterocycles. The van der Waals surface area contributed by atoms with Gasteiger partial charge in [0.1, 0.15) is 18.1 Å². The Bertz CT molecular complexity index is 1170. The fourth-order valence-corrected chi connectivity index (χ4v) is 3.05. The molecule has 3 aromatic rings. The van der Waals surface area contributed by atoms with Crippen molar-refractivity contribution in [2.45, 2.75) is 18.4 Å². The van der Waals surface area contributed by atoms with Crippen LogP contribution in [0.3, 0.4) is 0 Å². The van der Waals surface area contributed by atoms with Crippen LogP contribution in [0.15, 0.2) is 70.0 Å². The summed E-state index contributed by atoms with van der Waals surface area (Å²) in [6.07, 6.45) is 0. The van der Waals surface area contributed by atoms with Crippen molar-refractivity contribution in [3.63, 3.8) is 0 Å². The zero-order valence-corrected chi connectivity index (χ0v) is 16.7. The lowest BCUT2D eigenvalue weighted by Gasteiger charge is -2.09. The summed E-state index contributed by atoms with van der Waals surface area (Å²) in [6.45, 7) is 1.75. The molecule has 0 saturated carbocycles. The molecule has 2 amide bonds. The average Bonchev–Trinajstić information content (AvgIpc) is 3.19. The smallest absolute Gasteiger partial charge is 0.305 e. The summed E-state index contributed by atoms with van der Waals surface area (Å²) < 4.78 is 33.9. The van der Waals surface area contributed by atoms with E-state index in [1.165, 1.54) is 18.2 Å². The largest absolute Gasteiger partial charge is 0.486 e. The molecule has 1 aromatic heterocycles. The van der Waals surface area contributed by atoms with E-state index in [0.717, 1.165) is 6.07 Å². The minimum absolute atomic E-state index is 0.0306. The minimum Gasteiger partial charge on any atom is -0.486 e. The maximum absolute atomic E-state index is 12.3. The van der Waals surface area contributed by atoms with Gasteiger partial charge in [-0.2, -0.15) is 0 Å². The van der Waals surface area contributed by atoms with Crippen LogP contribution in [0.4, 0.5) is 0 Å². The molecular weight excluding hydrogens is 410 g/mol. The standard InChI is InChI=1S/C20H19N3O6S/c1-13-7-9-16(30(21,26)27)11-17(13)19(24)22-23-20(25)18-10-8-15(29-18)12-28-14-5-3-2-4-6-14/h2-11H,12H2,1H3,(H,22,24)(H,23,25)(H2,21,26,27). The Labute approximate surface area is 172 Å². The van der Waals surface area contributed by atoms with E-state index in [1.807, 2.05) is 18.2 Å². The second-order valence-electron chi connectivity index (χ2n) is 6.30.